The molecule has 2 N–H and O–H groups in total. The number of allylic oxidation sites excluding steroid dienone is 1. The van der Waals surface area contributed by atoms with Crippen LogP contribution in [0, 0.1) is 11.3 Å². The van der Waals surface area contributed by atoms with Gasteiger partial charge in [0.1, 0.15) is 6.73 Å². The highest BCUT2D eigenvalue weighted by Gasteiger charge is 1.95. The monoisotopic (exact) mass is 254 g/mol. The first-order chi connectivity index (χ1) is 8.40. The third-order valence-electron chi connectivity index (χ3n) is 1.06. The summed E-state index contributed by atoms with van der Waals surface area (Å²) in [4.78, 5) is 20.2. The van der Waals surface area contributed by atoms with Crippen molar-refractivity contribution in [3.05, 3.63) is 37.5 Å². The fourth-order valence-corrected chi connectivity index (χ4v) is 0.324. The van der Waals surface area contributed by atoms with Gasteiger partial charge in [0.2, 0.25) is 5.91 Å². The molecule has 0 aliphatic heterocycles. The number of methoxy groups -OCH3 is 1. The molecule has 0 unspecified atom stereocenters. The normalized spacial score (nSPS) is 6.78. The molecule has 0 rings (SSSR count). The number of hydrogen-bond donors (Lipinski definition) is 2. The van der Waals surface area contributed by atoms with Crippen LogP contribution < -0.4 is 5.32 Å². The fourth-order valence-electron chi connectivity index (χ4n) is 0.324. The summed E-state index contributed by atoms with van der Waals surface area (Å²) in [6, 6.07) is 1.69. The summed E-state index contributed by atoms with van der Waals surface area (Å²) in [7, 11) is 1.33. The Morgan fingerprint density at radius 3 is 2.00 bits per heavy atom. The Labute approximate surface area is 107 Å². The number of ether oxygens (including phenoxy) is 1. The number of esters is 1. The van der Waals surface area contributed by atoms with Gasteiger partial charge in [-0.2, -0.15) is 5.26 Å². The van der Waals surface area contributed by atoms with Crippen LogP contribution in [0.1, 0.15) is 6.92 Å². The maximum absolute atomic E-state index is 10.2. The van der Waals surface area contributed by atoms with E-state index in [1.807, 2.05) is 0 Å². The average molecular weight is 254 g/mol. The van der Waals surface area contributed by atoms with Gasteiger partial charge < -0.3 is 15.2 Å². The number of rotatable bonds is 3. The van der Waals surface area contributed by atoms with Crippen molar-refractivity contribution in [1.82, 2.24) is 5.32 Å². The number of nitrogens with zero attached hydrogens (tertiary/aromatic N) is 1. The Bertz CT molecular complexity index is 327. The largest absolute Gasteiger partial charge is 0.466 e. The lowest BCUT2D eigenvalue weighted by atomic mass is 10.4. The molecule has 0 bridgehead atoms. The molecule has 0 aliphatic carbocycles. The number of nitriles is 1. The summed E-state index contributed by atoms with van der Waals surface area (Å²) in [5, 5.41) is 17.6. The number of nitrogens with one attached hydrogen (secondary N) is 1. The summed E-state index contributed by atoms with van der Waals surface area (Å²) in [5.74, 6) is -0.706. The Balaban J connectivity index is -0.000000196. The van der Waals surface area contributed by atoms with Crippen molar-refractivity contribution in [2.45, 2.75) is 6.92 Å². The molecule has 0 fully saturated rings. The van der Waals surface area contributed by atoms with Gasteiger partial charge in [-0.05, 0) is 13.0 Å². The second-order valence-electron chi connectivity index (χ2n) is 2.51. The highest BCUT2D eigenvalue weighted by molar-refractivity contribution is 5.87. The van der Waals surface area contributed by atoms with Gasteiger partial charge in [-0.25, -0.2) is 4.79 Å². The molecule has 0 atom stereocenters. The van der Waals surface area contributed by atoms with E-state index in [2.05, 4.69) is 29.8 Å². The summed E-state index contributed by atoms with van der Waals surface area (Å²) in [6.07, 6.45) is 2.27. The molecule has 6 nitrogen and oxygen atoms in total. The zero-order chi connectivity index (χ0) is 15.0. The van der Waals surface area contributed by atoms with Crippen molar-refractivity contribution < 1.29 is 19.4 Å². The van der Waals surface area contributed by atoms with E-state index < -0.39 is 0 Å². The van der Waals surface area contributed by atoms with Gasteiger partial charge in [-0.1, -0.05) is 19.7 Å². The van der Waals surface area contributed by atoms with Crippen molar-refractivity contribution >= 4 is 11.9 Å². The van der Waals surface area contributed by atoms with Gasteiger partial charge in [-0.3, -0.25) is 4.79 Å². The van der Waals surface area contributed by atoms with E-state index in [1.54, 1.807) is 13.0 Å². The molecule has 100 valence electrons. The van der Waals surface area contributed by atoms with E-state index in [-0.39, 0.29) is 18.6 Å². The lowest BCUT2D eigenvalue weighted by molar-refractivity contribution is -0.136. The van der Waals surface area contributed by atoms with Crippen LogP contribution in [0.4, 0.5) is 0 Å². The maximum Gasteiger partial charge on any atom is 0.332 e. The minimum Gasteiger partial charge on any atom is -0.466 e. The second-order valence-corrected chi connectivity index (χ2v) is 2.51. The molecule has 0 saturated carbocycles. The SMILES string of the molecule is C=C(C)C(=O)OC.C=CC#N.C=CC(=O)NCO. The van der Waals surface area contributed by atoms with Gasteiger partial charge in [0, 0.05) is 11.6 Å². The molecular formula is C12H18N2O4. The van der Waals surface area contributed by atoms with Gasteiger partial charge in [0.15, 0.2) is 0 Å². The van der Waals surface area contributed by atoms with Gasteiger partial charge in [0.05, 0.1) is 13.2 Å². The van der Waals surface area contributed by atoms with Crippen molar-refractivity contribution in [3.8, 4) is 6.07 Å². The molecule has 0 aliphatic rings. The standard InChI is InChI=1S/C5H8O2.C4H7NO2.C3H3N/c1-4(2)5(6)7-3;1-2-4(7)5-3-6;1-2-3-4/h1H2,2-3H3;2,6H,1,3H2,(H,5,7);2H,1H2. The van der Waals surface area contributed by atoms with Crippen LogP contribution in [0.15, 0.2) is 37.5 Å². The molecular weight excluding hydrogens is 236 g/mol. The van der Waals surface area contributed by atoms with E-state index in [0.717, 1.165) is 6.08 Å². The molecule has 0 saturated heterocycles. The minimum absolute atomic E-state index is 0.329. The summed E-state index contributed by atoms with van der Waals surface area (Å²) in [5.41, 5.74) is 0.433. The number of amides is 1. The third-order valence-corrected chi connectivity index (χ3v) is 1.06. The Hall–Kier alpha value is -2.39. The smallest absolute Gasteiger partial charge is 0.332 e. The Morgan fingerprint density at radius 2 is 1.94 bits per heavy atom. The average Bonchev–Trinajstić information content (AvgIpc) is 2.38. The third kappa shape index (κ3) is 23.4. The van der Waals surface area contributed by atoms with E-state index >= 15 is 0 Å². The van der Waals surface area contributed by atoms with E-state index in [0.29, 0.717) is 5.57 Å². The van der Waals surface area contributed by atoms with Gasteiger partial charge >= 0.3 is 5.97 Å². The highest BCUT2D eigenvalue weighted by Crippen LogP contribution is 1.87. The topological polar surface area (TPSA) is 99.4 Å². The summed E-state index contributed by atoms with van der Waals surface area (Å²) >= 11 is 0. The van der Waals surface area contributed by atoms with E-state index in [4.69, 9.17) is 10.4 Å². The molecule has 0 heterocycles. The highest BCUT2D eigenvalue weighted by atomic mass is 16.5. The summed E-state index contributed by atoms with van der Waals surface area (Å²) in [6.45, 7) is 10.9. The lowest BCUT2D eigenvalue weighted by Gasteiger charge is -1.91. The van der Waals surface area contributed by atoms with E-state index in [1.165, 1.54) is 13.2 Å². The summed E-state index contributed by atoms with van der Waals surface area (Å²) < 4.78 is 4.27. The lowest BCUT2D eigenvalue weighted by Crippen LogP contribution is -2.20. The number of aliphatic hydroxyl groups excluding tert-OH is 1. The van der Waals surface area contributed by atoms with Crippen molar-refractivity contribution in [3.63, 3.8) is 0 Å². The van der Waals surface area contributed by atoms with Crippen LogP contribution in [-0.2, 0) is 14.3 Å². The molecule has 0 aromatic carbocycles. The van der Waals surface area contributed by atoms with Gasteiger partial charge in [-0.15, -0.1) is 0 Å². The number of hydrogen-bond acceptors (Lipinski definition) is 5. The fraction of sp³-hybridized carbons (Fsp3) is 0.250. The van der Waals surface area contributed by atoms with Crippen molar-refractivity contribution in [1.29, 1.82) is 5.26 Å². The maximum atomic E-state index is 10.2. The first-order valence-electron chi connectivity index (χ1n) is 4.66. The van der Waals surface area contributed by atoms with Crippen LogP contribution in [0.3, 0.4) is 0 Å². The molecule has 1 amide bonds. The molecule has 0 radical (unpaired) electrons. The van der Waals surface area contributed by atoms with Gasteiger partial charge in [0.25, 0.3) is 0 Å². The molecule has 18 heavy (non-hydrogen) atoms. The molecule has 0 aromatic heterocycles. The predicted molar refractivity (Wildman–Crippen MR) is 68.1 cm³/mol. The zero-order valence-corrected chi connectivity index (χ0v) is 10.6. The van der Waals surface area contributed by atoms with Crippen molar-refractivity contribution in [2.75, 3.05) is 13.8 Å². The molecule has 0 spiro atoms. The first-order valence-corrected chi connectivity index (χ1v) is 4.66. The Morgan fingerprint density at radius 1 is 1.50 bits per heavy atom. The van der Waals surface area contributed by atoms with E-state index in [9.17, 15) is 9.59 Å². The zero-order valence-electron chi connectivity index (χ0n) is 10.6. The molecule has 0 aromatic rings. The molecule has 6 heteroatoms. The number of carbonyl (C=O) groups is 2. The van der Waals surface area contributed by atoms with Crippen LogP contribution >= 0.6 is 0 Å². The number of aliphatic hydroxyl groups is 1. The van der Waals surface area contributed by atoms with Crippen LogP contribution in [-0.4, -0.2) is 30.8 Å². The van der Waals surface area contributed by atoms with Crippen LogP contribution in [0.5, 0.6) is 0 Å². The first kappa shape index (κ1) is 21.0. The number of carbonyl (C=O) groups excluding carboxylic acids is 2. The second kappa shape index (κ2) is 17.0. The van der Waals surface area contributed by atoms with Crippen molar-refractivity contribution in [2.24, 2.45) is 0 Å². The van der Waals surface area contributed by atoms with Crippen LogP contribution in [0.25, 0.3) is 0 Å². The van der Waals surface area contributed by atoms with Crippen LogP contribution in [0.2, 0.25) is 0 Å². The quantitative estimate of drug-likeness (QED) is 0.334. The Kier molecular flexibility index (Phi) is 19.8. The minimum atomic E-state index is -0.359. The predicted octanol–water partition coefficient (Wildman–Crippen LogP) is 0.670.